The lowest BCUT2D eigenvalue weighted by Gasteiger charge is -2.45. The average molecular weight is 359 g/mol. The number of nitrogens with zero attached hydrogens (tertiary/aromatic N) is 1. The number of hydrogen-bond acceptors (Lipinski definition) is 2. The highest BCUT2D eigenvalue weighted by Gasteiger charge is 2.40. The van der Waals surface area contributed by atoms with Crippen molar-refractivity contribution in [2.45, 2.75) is 38.6 Å². The molecule has 0 saturated heterocycles. The molecule has 0 spiro atoms. The first-order chi connectivity index (χ1) is 11.8. The Hall–Kier alpha value is -2.20. The van der Waals surface area contributed by atoms with Gasteiger partial charge in [0.25, 0.3) is 0 Å². The number of nitrogens with one attached hydrogen (secondary N) is 1. The summed E-state index contributed by atoms with van der Waals surface area (Å²) >= 11 is 5.92. The van der Waals surface area contributed by atoms with Crippen molar-refractivity contribution in [1.29, 1.82) is 0 Å². The molecule has 0 aromatic heterocycles. The molecule has 0 fully saturated rings. The maximum atomic E-state index is 13.1. The van der Waals surface area contributed by atoms with Gasteiger partial charge >= 0.3 is 6.03 Å². The van der Waals surface area contributed by atoms with E-state index in [2.05, 4.69) is 32.2 Å². The van der Waals surface area contributed by atoms with Gasteiger partial charge in [-0.3, -0.25) is 4.90 Å². The zero-order valence-electron chi connectivity index (χ0n) is 15.0. The first-order valence-electron chi connectivity index (χ1n) is 8.36. The predicted octanol–water partition coefficient (Wildman–Crippen LogP) is 5.67. The summed E-state index contributed by atoms with van der Waals surface area (Å²) in [5.74, 6) is 1.11. The second-order valence-electron chi connectivity index (χ2n) is 7.11. The highest BCUT2D eigenvalue weighted by Crippen LogP contribution is 2.44. The molecule has 1 aliphatic heterocycles. The first-order valence-corrected chi connectivity index (χ1v) is 8.74. The van der Waals surface area contributed by atoms with E-state index in [0.717, 1.165) is 23.4 Å². The zero-order valence-corrected chi connectivity index (χ0v) is 15.7. The quantitative estimate of drug-likeness (QED) is 0.751. The Bertz CT molecular complexity index is 787. The predicted molar refractivity (Wildman–Crippen MR) is 103 cm³/mol. The van der Waals surface area contributed by atoms with Gasteiger partial charge in [0.1, 0.15) is 5.75 Å². The number of urea groups is 1. The number of fused-ring (bicyclic) bond motifs is 1. The number of benzene rings is 2. The van der Waals surface area contributed by atoms with Crippen molar-refractivity contribution in [2.24, 2.45) is 0 Å². The van der Waals surface area contributed by atoms with Gasteiger partial charge in [-0.2, -0.15) is 0 Å². The highest BCUT2D eigenvalue weighted by atomic mass is 35.5. The molecule has 5 heteroatoms. The number of carbonyl (C=O) groups is 1. The van der Waals surface area contributed by atoms with E-state index in [9.17, 15) is 4.79 Å². The van der Waals surface area contributed by atoms with Crippen LogP contribution in [0.2, 0.25) is 5.02 Å². The summed E-state index contributed by atoms with van der Waals surface area (Å²) in [6.07, 6.45) is 0.889. The van der Waals surface area contributed by atoms with E-state index in [-0.39, 0.29) is 11.6 Å². The molecule has 1 N–H and O–H groups in total. The van der Waals surface area contributed by atoms with E-state index in [4.69, 9.17) is 16.3 Å². The minimum Gasteiger partial charge on any atom is -0.497 e. The summed E-state index contributed by atoms with van der Waals surface area (Å²) in [6, 6.07) is 12.9. The molecule has 2 aromatic rings. The van der Waals surface area contributed by atoms with Crippen LogP contribution in [0.15, 0.2) is 42.5 Å². The maximum Gasteiger partial charge on any atom is 0.326 e. The normalized spacial score (nSPS) is 18.4. The van der Waals surface area contributed by atoms with Crippen LogP contribution >= 0.6 is 11.6 Å². The van der Waals surface area contributed by atoms with Crippen molar-refractivity contribution < 1.29 is 9.53 Å². The topological polar surface area (TPSA) is 41.6 Å². The van der Waals surface area contributed by atoms with Gasteiger partial charge in [0, 0.05) is 22.3 Å². The van der Waals surface area contributed by atoms with Crippen molar-refractivity contribution >= 4 is 29.0 Å². The van der Waals surface area contributed by atoms with Crippen LogP contribution in [-0.4, -0.2) is 18.7 Å². The largest absolute Gasteiger partial charge is 0.497 e. The number of ether oxygens (including phenoxy) is 1. The average Bonchev–Trinajstić information content (AvgIpc) is 2.55. The summed E-state index contributed by atoms with van der Waals surface area (Å²) in [5.41, 5.74) is 2.46. The molecular weight excluding hydrogens is 336 g/mol. The Kier molecular flexibility index (Phi) is 4.65. The van der Waals surface area contributed by atoms with E-state index in [1.807, 2.05) is 17.0 Å². The Morgan fingerprint density at radius 3 is 2.56 bits per heavy atom. The zero-order chi connectivity index (χ0) is 18.2. The van der Waals surface area contributed by atoms with Gasteiger partial charge < -0.3 is 10.1 Å². The molecule has 3 rings (SSSR count). The fraction of sp³-hybridized carbons (Fsp3) is 0.350. The smallest absolute Gasteiger partial charge is 0.326 e. The van der Waals surface area contributed by atoms with Gasteiger partial charge in [-0.1, -0.05) is 24.6 Å². The number of methoxy groups -OCH3 is 1. The van der Waals surface area contributed by atoms with Gasteiger partial charge in [0.05, 0.1) is 12.8 Å². The molecular formula is C20H23ClN2O2. The lowest BCUT2D eigenvalue weighted by Crippen LogP contribution is -2.53. The summed E-state index contributed by atoms with van der Waals surface area (Å²) in [6.45, 7) is 6.38. The van der Waals surface area contributed by atoms with Crippen molar-refractivity contribution in [3.63, 3.8) is 0 Å². The van der Waals surface area contributed by atoms with Gasteiger partial charge in [0.2, 0.25) is 0 Å². The molecule has 0 bridgehead atoms. The number of rotatable bonds is 2. The van der Waals surface area contributed by atoms with E-state index >= 15 is 0 Å². The molecule has 0 saturated carbocycles. The van der Waals surface area contributed by atoms with Crippen LogP contribution in [0.4, 0.5) is 16.2 Å². The van der Waals surface area contributed by atoms with Gasteiger partial charge in [-0.25, -0.2) is 4.79 Å². The van der Waals surface area contributed by atoms with Crippen molar-refractivity contribution in [1.82, 2.24) is 0 Å². The van der Waals surface area contributed by atoms with Crippen molar-refractivity contribution in [2.75, 3.05) is 17.3 Å². The Morgan fingerprint density at radius 2 is 1.92 bits per heavy atom. The minimum absolute atomic E-state index is 0.159. The number of hydrogen-bond donors (Lipinski definition) is 1. The standard InChI is InChI=1S/C20H23ClN2O2/c1-13-12-20(2,3)23(18-11-16(25-4)9-10-17(13)18)19(24)22-15-7-5-14(21)6-8-15/h5-11,13H,12H2,1-4H3,(H,22,24)/t13-/m1/s1. The number of anilines is 2. The van der Waals surface area contributed by atoms with E-state index in [0.29, 0.717) is 16.6 Å². The number of carbonyl (C=O) groups excluding carboxylic acids is 1. The highest BCUT2D eigenvalue weighted by molar-refractivity contribution is 6.30. The van der Waals surface area contributed by atoms with Crippen LogP contribution in [0.25, 0.3) is 0 Å². The third-order valence-electron chi connectivity index (χ3n) is 4.72. The second-order valence-corrected chi connectivity index (χ2v) is 7.55. The fourth-order valence-electron chi connectivity index (χ4n) is 3.63. The van der Waals surface area contributed by atoms with Crippen LogP contribution in [0.5, 0.6) is 5.75 Å². The summed E-state index contributed by atoms with van der Waals surface area (Å²) < 4.78 is 5.37. The van der Waals surface area contributed by atoms with Crippen molar-refractivity contribution in [3.8, 4) is 5.75 Å². The van der Waals surface area contributed by atoms with Crippen LogP contribution < -0.4 is 15.0 Å². The molecule has 2 aromatic carbocycles. The molecule has 4 nitrogen and oxygen atoms in total. The molecule has 1 atom stereocenters. The van der Waals surface area contributed by atoms with E-state index < -0.39 is 0 Å². The van der Waals surface area contributed by atoms with E-state index in [1.165, 1.54) is 0 Å². The monoisotopic (exact) mass is 358 g/mol. The Labute approximate surface area is 153 Å². The van der Waals surface area contributed by atoms with Crippen LogP contribution in [0.1, 0.15) is 38.7 Å². The van der Waals surface area contributed by atoms with Crippen LogP contribution in [0.3, 0.4) is 0 Å². The van der Waals surface area contributed by atoms with Gasteiger partial charge in [0.15, 0.2) is 0 Å². The SMILES string of the molecule is COc1ccc2c(c1)N(C(=O)Nc1ccc(Cl)cc1)C(C)(C)C[C@H]2C. The molecule has 1 aliphatic rings. The summed E-state index contributed by atoms with van der Waals surface area (Å²) in [4.78, 5) is 14.9. The molecule has 0 aliphatic carbocycles. The third-order valence-corrected chi connectivity index (χ3v) is 4.97. The number of halogens is 1. The minimum atomic E-state index is -0.310. The molecule has 1 heterocycles. The maximum absolute atomic E-state index is 13.1. The van der Waals surface area contributed by atoms with Gasteiger partial charge in [-0.15, -0.1) is 0 Å². The molecule has 2 amide bonds. The van der Waals surface area contributed by atoms with Crippen LogP contribution in [-0.2, 0) is 0 Å². The Morgan fingerprint density at radius 1 is 1.24 bits per heavy atom. The Balaban J connectivity index is 1.99. The lowest BCUT2D eigenvalue weighted by molar-refractivity contribution is 0.247. The van der Waals surface area contributed by atoms with Crippen molar-refractivity contribution in [3.05, 3.63) is 53.1 Å². The molecule has 132 valence electrons. The fourth-order valence-corrected chi connectivity index (χ4v) is 3.76. The van der Waals surface area contributed by atoms with E-state index in [1.54, 1.807) is 31.4 Å². The second kappa shape index (κ2) is 6.60. The summed E-state index contributed by atoms with van der Waals surface area (Å²) in [5, 5.41) is 3.61. The molecule has 0 unspecified atom stereocenters. The van der Waals surface area contributed by atoms with Gasteiger partial charge in [-0.05, 0) is 62.1 Å². The molecule has 0 radical (unpaired) electrons. The van der Waals surface area contributed by atoms with Crippen LogP contribution in [0, 0.1) is 0 Å². The first kappa shape index (κ1) is 17.6. The number of amides is 2. The summed E-state index contributed by atoms with van der Waals surface area (Å²) in [7, 11) is 1.64. The lowest BCUT2D eigenvalue weighted by atomic mass is 9.80. The molecule has 25 heavy (non-hydrogen) atoms. The third kappa shape index (κ3) is 3.45.